The van der Waals surface area contributed by atoms with Crippen LogP contribution in [0, 0.1) is 0 Å². The quantitative estimate of drug-likeness (QED) is 0.609. The summed E-state index contributed by atoms with van der Waals surface area (Å²) in [6.07, 6.45) is -0.628. The van der Waals surface area contributed by atoms with Crippen molar-refractivity contribution in [2.45, 2.75) is 13.0 Å². The summed E-state index contributed by atoms with van der Waals surface area (Å²) >= 11 is 9.37. The third-order valence-electron chi connectivity index (χ3n) is 3.55. The minimum atomic E-state index is -0.628. The second-order valence-electron chi connectivity index (χ2n) is 5.41. The van der Waals surface area contributed by atoms with E-state index in [2.05, 4.69) is 21.2 Å². The highest BCUT2D eigenvalue weighted by molar-refractivity contribution is 9.10. The highest BCUT2D eigenvalue weighted by atomic mass is 79.9. The molecule has 1 amide bonds. The van der Waals surface area contributed by atoms with E-state index in [-0.39, 0.29) is 5.91 Å². The van der Waals surface area contributed by atoms with Gasteiger partial charge >= 0.3 is 0 Å². The molecule has 0 saturated carbocycles. The highest BCUT2D eigenvalue weighted by Gasteiger charge is 2.15. The Labute approximate surface area is 153 Å². The van der Waals surface area contributed by atoms with Crippen LogP contribution in [0.1, 0.15) is 6.92 Å². The molecule has 0 unspecified atom stereocenters. The molecule has 0 bridgehead atoms. The lowest BCUT2D eigenvalue weighted by Crippen LogP contribution is -2.30. The highest BCUT2D eigenvalue weighted by Crippen LogP contribution is 2.25. The number of rotatable bonds is 4. The Bertz CT molecular complexity index is 897. The Kier molecular flexibility index (Phi) is 5.07. The average molecular weight is 405 g/mol. The SMILES string of the molecule is C[C@H](Oc1ccc2cc(Br)ccc2c1)C(=O)Nc1cccc(Cl)c1. The van der Waals surface area contributed by atoms with Crippen LogP contribution in [0.2, 0.25) is 5.02 Å². The molecule has 0 aliphatic heterocycles. The van der Waals surface area contributed by atoms with Crippen molar-refractivity contribution in [1.82, 2.24) is 0 Å². The zero-order valence-electron chi connectivity index (χ0n) is 12.9. The van der Waals surface area contributed by atoms with Gasteiger partial charge in [0.05, 0.1) is 0 Å². The van der Waals surface area contributed by atoms with E-state index < -0.39 is 6.10 Å². The molecule has 0 radical (unpaired) electrons. The first-order chi connectivity index (χ1) is 11.5. The molecular formula is C19H15BrClNO2. The Balaban J connectivity index is 1.70. The molecule has 3 aromatic carbocycles. The molecule has 0 heterocycles. The third-order valence-corrected chi connectivity index (χ3v) is 4.28. The van der Waals surface area contributed by atoms with Gasteiger partial charge in [0.15, 0.2) is 6.10 Å². The fraction of sp³-hybridized carbons (Fsp3) is 0.105. The number of carbonyl (C=O) groups is 1. The zero-order chi connectivity index (χ0) is 17.1. The fourth-order valence-electron chi connectivity index (χ4n) is 2.34. The minimum Gasteiger partial charge on any atom is -0.481 e. The fourth-order valence-corrected chi connectivity index (χ4v) is 2.90. The van der Waals surface area contributed by atoms with E-state index >= 15 is 0 Å². The summed E-state index contributed by atoms with van der Waals surface area (Å²) in [5.41, 5.74) is 0.645. The van der Waals surface area contributed by atoms with Gasteiger partial charge in [-0.2, -0.15) is 0 Å². The van der Waals surface area contributed by atoms with Gasteiger partial charge in [0.1, 0.15) is 5.75 Å². The molecule has 0 fully saturated rings. The van der Waals surface area contributed by atoms with Crippen molar-refractivity contribution < 1.29 is 9.53 Å². The standard InChI is InChI=1S/C19H15BrClNO2/c1-12(19(23)22-17-4-2-3-16(21)11-17)24-18-8-6-13-9-15(20)7-5-14(13)10-18/h2-12H,1H3,(H,22,23)/t12-/m0/s1. The minimum absolute atomic E-state index is 0.229. The van der Waals surface area contributed by atoms with Crippen LogP contribution in [0.25, 0.3) is 10.8 Å². The van der Waals surface area contributed by atoms with Crippen molar-refractivity contribution >= 4 is 49.9 Å². The van der Waals surface area contributed by atoms with Crippen LogP contribution in [0.4, 0.5) is 5.69 Å². The summed E-state index contributed by atoms with van der Waals surface area (Å²) in [7, 11) is 0. The number of amides is 1. The zero-order valence-corrected chi connectivity index (χ0v) is 15.3. The first kappa shape index (κ1) is 16.8. The van der Waals surface area contributed by atoms with Gasteiger partial charge in [-0.25, -0.2) is 0 Å². The summed E-state index contributed by atoms with van der Waals surface area (Å²) in [5.74, 6) is 0.423. The van der Waals surface area contributed by atoms with Crippen molar-refractivity contribution in [3.05, 3.63) is 70.2 Å². The molecule has 3 rings (SSSR count). The van der Waals surface area contributed by atoms with Gasteiger partial charge in [0.25, 0.3) is 5.91 Å². The monoisotopic (exact) mass is 403 g/mol. The molecule has 5 heteroatoms. The number of hydrogen-bond donors (Lipinski definition) is 1. The Hall–Kier alpha value is -2.04. The molecule has 0 saturated heterocycles. The molecule has 1 atom stereocenters. The summed E-state index contributed by atoms with van der Waals surface area (Å²) in [6.45, 7) is 1.71. The van der Waals surface area contributed by atoms with E-state index in [0.29, 0.717) is 16.5 Å². The average Bonchev–Trinajstić information content (AvgIpc) is 2.55. The first-order valence-electron chi connectivity index (χ1n) is 7.44. The molecule has 0 aliphatic carbocycles. The molecule has 3 aromatic rings. The van der Waals surface area contributed by atoms with Crippen molar-refractivity contribution in [2.75, 3.05) is 5.32 Å². The number of halogens is 2. The van der Waals surface area contributed by atoms with Crippen LogP contribution in [0.3, 0.4) is 0 Å². The van der Waals surface area contributed by atoms with E-state index in [9.17, 15) is 4.79 Å². The molecule has 0 aliphatic rings. The van der Waals surface area contributed by atoms with Gasteiger partial charge in [0.2, 0.25) is 0 Å². The lowest BCUT2D eigenvalue weighted by Gasteiger charge is -2.15. The number of hydrogen-bond acceptors (Lipinski definition) is 2. The van der Waals surface area contributed by atoms with Crippen LogP contribution < -0.4 is 10.1 Å². The van der Waals surface area contributed by atoms with Gasteiger partial charge in [-0.15, -0.1) is 0 Å². The molecule has 3 nitrogen and oxygen atoms in total. The molecular weight excluding hydrogens is 390 g/mol. The number of carbonyl (C=O) groups excluding carboxylic acids is 1. The van der Waals surface area contributed by atoms with Gasteiger partial charge in [-0.05, 0) is 60.2 Å². The van der Waals surface area contributed by atoms with Crippen molar-refractivity contribution in [1.29, 1.82) is 0 Å². The second kappa shape index (κ2) is 7.24. The molecule has 1 N–H and O–H groups in total. The van der Waals surface area contributed by atoms with E-state index in [1.54, 1.807) is 31.2 Å². The van der Waals surface area contributed by atoms with Gasteiger partial charge in [0, 0.05) is 15.2 Å². The normalized spacial score (nSPS) is 12.0. The predicted molar refractivity (Wildman–Crippen MR) is 102 cm³/mol. The van der Waals surface area contributed by atoms with Gasteiger partial charge < -0.3 is 10.1 Å². The van der Waals surface area contributed by atoms with Gasteiger partial charge in [-0.3, -0.25) is 4.79 Å². The molecule has 24 heavy (non-hydrogen) atoms. The van der Waals surface area contributed by atoms with Crippen LogP contribution in [0.15, 0.2) is 65.1 Å². The lowest BCUT2D eigenvalue weighted by atomic mass is 10.1. The van der Waals surface area contributed by atoms with Crippen LogP contribution in [-0.4, -0.2) is 12.0 Å². The van der Waals surface area contributed by atoms with Crippen molar-refractivity contribution in [3.63, 3.8) is 0 Å². The summed E-state index contributed by atoms with van der Waals surface area (Å²) in [5, 5.41) is 5.52. The number of nitrogens with one attached hydrogen (secondary N) is 1. The third kappa shape index (κ3) is 4.08. The molecule has 122 valence electrons. The maximum atomic E-state index is 12.3. The first-order valence-corrected chi connectivity index (χ1v) is 8.61. The molecule has 0 spiro atoms. The predicted octanol–water partition coefficient (Wildman–Crippen LogP) is 5.66. The van der Waals surface area contributed by atoms with Crippen LogP contribution in [0.5, 0.6) is 5.75 Å². The second-order valence-corrected chi connectivity index (χ2v) is 6.77. The maximum Gasteiger partial charge on any atom is 0.265 e. The topological polar surface area (TPSA) is 38.3 Å². The van der Waals surface area contributed by atoms with Crippen molar-refractivity contribution in [3.8, 4) is 5.75 Å². The largest absolute Gasteiger partial charge is 0.481 e. The molecule has 0 aromatic heterocycles. The van der Waals surface area contributed by atoms with E-state index in [0.717, 1.165) is 15.2 Å². The van der Waals surface area contributed by atoms with E-state index in [1.165, 1.54) is 0 Å². The maximum absolute atomic E-state index is 12.3. The summed E-state index contributed by atoms with van der Waals surface area (Å²) in [6, 6.07) is 18.8. The van der Waals surface area contributed by atoms with E-state index in [4.69, 9.17) is 16.3 Å². The number of anilines is 1. The Morgan fingerprint density at radius 2 is 1.83 bits per heavy atom. The van der Waals surface area contributed by atoms with E-state index in [1.807, 2.05) is 36.4 Å². The number of benzene rings is 3. The van der Waals surface area contributed by atoms with Crippen LogP contribution >= 0.6 is 27.5 Å². The Morgan fingerprint density at radius 3 is 2.62 bits per heavy atom. The lowest BCUT2D eigenvalue weighted by molar-refractivity contribution is -0.122. The smallest absolute Gasteiger partial charge is 0.265 e. The number of ether oxygens (including phenoxy) is 1. The van der Waals surface area contributed by atoms with Crippen molar-refractivity contribution in [2.24, 2.45) is 0 Å². The summed E-state index contributed by atoms with van der Waals surface area (Å²) in [4.78, 5) is 12.3. The number of fused-ring (bicyclic) bond motifs is 1. The summed E-state index contributed by atoms with van der Waals surface area (Å²) < 4.78 is 6.79. The van der Waals surface area contributed by atoms with Crippen LogP contribution in [-0.2, 0) is 4.79 Å². The Morgan fingerprint density at radius 1 is 1.08 bits per heavy atom. The van der Waals surface area contributed by atoms with Gasteiger partial charge in [-0.1, -0.05) is 45.7 Å².